The molecule has 8 aromatic rings. The molecule has 0 saturated carbocycles. The van der Waals surface area contributed by atoms with Crippen molar-refractivity contribution in [1.82, 2.24) is 0 Å². The molecule has 0 fully saturated rings. The molecule has 0 atom stereocenters. The van der Waals surface area contributed by atoms with Crippen LogP contribution in [-0.4, -0.2) is 0 Å². The van der Waals surface area contributed by atoms with Gasteiger partial charge in [0.15, 0.2) is 0 Å². The first-order valence-electron chi connectivity index (χ1n) is 13.6. The van der Waals surface area contributed by atoms with Crippen LogP contribution >= 0.6 is 11.3 Å². The minimum atomic E-state index is 1.14. The summed E-state index contributed by atoms with van der Waals surface area (Å²) < 4.78 is 2.69. The number of hydrogen-bond donors (Lipinski definition) is 0. The van der Waals surface area contributed by atoms with Gasteiger partial charge in [-0.1, -0.05) is 91.0 Å². The summed E-state index contributed by atoms with van der Waals surface area (Å²) in [6, 6.07) is 55.0. The van der Waals surface area contributed by atoms with E-state index < -0.39 is 0 Å². The molecule has 0 aliphatic rings. The molecule has 0 amide bonds. The number of benzene rings is 7. The van der Waals surface area contributed by atoms with Gasteiger partial charge in [0.1, 0.15) is 0 Å². The second-order valence-corrected chi connectivity index (χ2v) is 11.3. The Morgan fingerprint density at radius 3 is 1.88 bits per heavy atom. The van der Waals surface area contributed by atoms with Gasteiger partial charge < -0.3 is 4.90 Å². The second-order valence-electron chi connectivity index (χ2n) is 10.3. The summed E-state index contributed by atoms with van der Waals surface area (Å²) in [7, 11) is 0. The molecule has 0 unspecified atom stereocenters. The molecule has 1 heterocycles. The Balaban J connectivity index is 1.19. The van der Waals surface area contributed by atoms with Gasteiger partial charge in [0.05, 0.1) is 0 Å². The van der Waals surface area contributed by atoms with Crippen LogP contribution in [-0.2, 0) is 0 Å². The Bertz CT molecular complexity index is 2160. The van der Waals surface area contributed by atoms with Crippen molar-refractivity contribution in [2.45, 2.75) is 0 Å². The minimum Gasteiger partial charge on any atom is -0.310 e. The van der Waals surface area contributed by atoms with Gasteiger partial charge >= 0.3 is 0 Å². The van der Waals surface area contributed by atoms with Crippen molar-refractivity contribution in [3.63, 3.8) is 0 Å². The highest BCUT2D eigenvalue weighted by Crippen LogP contribution is 2.39. The third-order valence-corrected chi connectivity index (χ3v) is 8.93. The average Bonchev–Trinajstić information content (AvgIpc) is 3.38. The van der Waals surface area contributed by atoms with E-state index in [4.69, 9.17) is 0 Å². The van der Waals surface area contributed by atoms with E-state index in [-0.39, 0.29) is 0 Å². The van der Waals surface area contributed by atoms with Gasteiger partial charge in [0, 0.05) is 37.2 Å². The van der Waals surface area contributed by atoms with Crippen LogP contribution < -0.4 is 4.90 Å². The largest absolute Gasteiger partial charge is 0.310 e. The van der Waals surface area contributed by atoms with Crippen LogP contribution in [0.4, 0.5) is 17.1 Å². The Morgan fingerprint density at radius 1 is 0.350 bits per heavy atom. The van der Waals surface area contributed by atoms with Gasteiger partial charge in [-0.25, -0.2) is 0 Å². The molecule has 0 bridgehead atoms. The van der Waals surface area contributed by atoms with Crippen LogP contribution in [0.3, 0.4) is 0 Å². The number of hydrogen-bond acceptors (Lipinski definition) is 2. The van der Waals surface area contributed by atoms with Gasteiger partial charge in [0.25, 0.3) is 0 Å². The molecule has 40 heavy (non-hydrogen) atoms. The van der Waals surface area contributed by atoms with Crippen molar-refractivity contribution in [2.75, 3.05) is 4.90 Å². The lowest BCUT2D eigenvalue weighted by molar-refractivity contribution is 1.29. The predicted octanol–water partition coefficient (Wildman–Crippen LogP) is 11.5. The number of thiophene rings is 1. The lowest BCUT2D eigenvalue weighted by Gasteiger charge is -2.26. The molecule has 0 radical (unpaired) electrons. The molecule has 7 aromatic carbocycles. The highest BCUT2D eigenvalue weighted by atomic mass is 32.1. The van der Waals surface area contributed by atoms with E-state index in [0.29, 0.717) is 0 Å². The zero-order valence-electron chi connectivity index (χ0n) is 21.8. The smallest absolute Gasteiger partial charge is 0.0468 e. The Labute approximate surface area is 237 Å². The highest BCUT2D eigenvalue weighted by molar-refractivity contribution is 7.25. The number of fused-ring (bicyclic) bond motifs is 5. The molecule has 8 rings (SSSR count). The van der Waals surface area contributed by atoms with Gasteiger partial charge in [-0.15, -0.1) is 11.3 Å². The molecule has 2 heteroatoms. The highest BCUT2D eigenvalue weighted by Gasteiger charge is 2.13. The Morgan fingerprint density at radius 2 is 1.00 bits per heavy atom. The summed E-state index contributed by atoms with van der Waals surface area (Å²) in [6.07, 6.45) is 0. The van der Waals surface area contributed by atoms with Crippen molar-refractivity contribution in [3.05, 3.63) is 152 Å². The summed E-state index contributed by atoms with van der Waals surface area (Å²) in [5.41, 5.74) is 5.88. The molecule has 188 valence electrons. The maximum absolute atomic E-state index is 2.35. The normalized spacial score (nSPS) is 11.5. The predicted molar refractivity (Wildman–Crippen MR) is 174 cm³/mol. The molecule has 1 aromatic heterocycles. The van der Waals surface area contributed by atoms with Crippen molar-refractivity contribution in [1.29, 1.82) is 0 Å². The van der Waals surface area contributed by atoms with E-state index in [2.05, 4.69) is 157 Å². The maximum atomic E-state index is 2.35. The van der Waals surface area contributed by atoms with Crippen molar-refractivity contribution < 1.29 is 0 Å². The van der Waals surface area contributed by atoms with Crippen molar-refractivity contribution in [2.24, 2.45) is 0 Å². The first-order chi connectivity index (χ1) is 19.8. The third-order valence-electron chi connectivity index (χ3n) is 7.80. The van der Waals surface area contributed by atoms with E-state index in [1.807, 2.05) is 11.3 Å². The van der Waals surface area contributed by atoms with Crippen molar-refractivity contribution >= 4 is 70.1 Å². The molecule has 0 spiro atoms. The summed E-state index contributed by atoms with van der Waals surface area (Å²) in [4.78, 5) is 2.33. The molecule has 1 nitrogen and oxygen atoms in total. The van der Waals surface area contributed by atoms with Gasteiger partial charge in [-0.2, -0.15) is 0 Å². The molecule has 0 aliphatic carbocycles. The number of rotatable bonds is 4. The van der Waals surface area contributed by atoms with Crippen LogP contribution in [0.15, 0.2) is 152 Å². The third kappa shape index (κ3) is 3.93. The van der Waals surface area contributed by atoms with Crippen molar-refractivity contribution in [3.8, 4) is 11.1 Å². The van der Waals surface area contributed by atoms with Gasteiger partial charge in [-0.05, 0) is 93.3 Å². The standard InChI is InChI=1S/C38H25NS/c1-2-10-32(11-3-1)39(34-21-18-26-8-4-5-9-28(26)23-34)33-19-16-27(17-20-33)29-14-15-30-24-36-35-12-6-7-13-37(35)40-38(36)25-31(30)22-29/h1-25H. The van der Waals surface area contributed by atoms with Crippen LogP contribution in [0, 0.1) is 0 Å². The maximum Gasteiger partial charge on any atom is 0.0468 e. The zero-order valence-corrected chi connectivity index (χ0v) is 22.6. The first-order valence-corrected chi connectivity index (χ1v) is 14.4. The van der Waals surface area contributed by atoms with Crippen LogP contribution in [0.1, 0.15) is 0 Å². The summed E-state index contributed by atoms with van der Waals surface area (Å²) in [5.74, 6) is 0. The molecule has 0 N–H and O–H groups in total. The number of para-hydroxylation sites is 1. The minimum absolute atomic E-state index is 1.14. The summed E-state index contributed by atoms with van der Waals surface area (Å²) in [5, 5.41) is 7.74. The number of anilines is 3. The first kappa shape index (κ1) is 23.0. The monoisotopic (exact) mass is 527 g/mol. The fourth-order valence-electron chi connectivity index (χ4n) is 5.79. The Kier molecular flexibility index (Phi) is 5.39. The van der Waals surface area contributed by atoms with E-state index in [0.717, 1.165) is 17.1 Å². The topological polar surface area (TPSA) is 3.24 Å². The molecular weight excluding hydrogens is 502 g/mol. The fourth-order valence-corrected chi connectivity index (χ4v) is 6.93. The van der Waals surface area contributed by atoms with E-state index in [1.54, 1.807) is 0 Å². The molecule has 0 aliphatic heterocycles. The van der Waals surface area contributed by atoms with Crippen LogP contribution in [0.25, 0.3) is 52.8 Å². The van der Waals surface area contributed by atoms with Gasteiger partial charge in [-0.3, -0.25) is 0 Å². The second kappa shape index (κ2) is 9.37. The zero-order chi connectivity index (χ0) is 26.5. The number of nitrogens with zero attached hydrogens (tertiary/aromatic N) is 1. The van der Waals surface area contributed by atoms with E-state index in [1.165, 1.54) is 52.8 Å². The molecule has 0 saturated heterocycles. The molecular formula is C38H25NS. The van der Waals surface area contributed by atoms with Crippen LogP contribution in [0.5, 0.6) is 0 Å². The summed E-state index contributed by atoms with van der Waals surface area (Å²) in [6.45, 7) is 0. The average molecular weight is 528 g/mol. The fraction of sp³-hybridized carbons (Fsp3) is 0. The lowest BCUT2D eigenvalue weighted by atomic mass is 9.99. The van der Waals surface area contributed by atoms with Gasteiger partial charge in [0.2, 0.25) is 0 Å². The quantitative estimate of drug-likeness (QED) is 0.220. The summed E-state index contributed by atoms with van der Waals surface area (Å²) >= 11 is 1.87. The van der Waals surface area contributed by atoms with Crippen LogP contribution in [0.2, 0.25) is 0 Å². The lowest BCUT2D eigenvalue weighted by Crippen LogP contribution is -2.09. The van der Waals surface area contributed by atoms with E-state index >= 15 is 0 Å². The SMILES string of the molecule is c1ccc(N(c2ccc(-c3ccc4cc5c(cc4c3)sc3ccccc35)cc2)c2ccc3ccccc3c2)cc1. The van der Waals surface area contributed by atoms with E-state index in [9.17, 15) is 0 Å². The Hall–Kier alpha value is -4.92.